The van der Waals surface area contributed by atoms with E-state index in [9.17, 15) is 9.59 Å². The van der Waals surface area contributed by atoms with Crippen molar-refractivity contribution in [1.82, 2.24) is 5.32 Å². The summed E-state index contributed by atoms with van der Waals surface area (Å²) in [4.78, 5) is 27.2. The number of benzene rings is 1. The van der Waals surface area contributed by atoms with E-state index in [1.807, 2.05) is 6.92 Å². The average molecular weight is 528 g/mol. The van der Waals surface area contributed by atoms with E-state index < -0.39 is 0 Å². The molecule has 0 spiro atoms. The van der Waals surface area contributed by atoms with Crippen LogP contribution in [-0.2, 0) is 17.6 Å². The molecule has 0 radical (unpaired) electrons. The van der Waals surface area contributed by atoms with Crippen LogP contribution < -0.4 is 15.4 Å². The zero-order chi connectivity index (χ0) is 24.5. The maximum Gasteiger partial charge on any atom is 0.256 e. The summed E-state index contributed by atoms with van der Waals surface area (Å²) in [6.45, 7) is 6.35. The summed E-state index contributed by atoms with van der Waals surface area (Å²) < 4.78 is 11.0. The highest BCUT2D eigenvalue weighted by atomic mass is 35.5. The maximum absolute atomic E-state index is 13.1. The normalized spacial score (nSPS) is 12.5. The summed E-state index contributed by atoms with van der Waals surface area (Å²) >= 11 is 14.2. The van der Waals surface area contributed by atoms with Crippen molar-refractivity contribution in [3.63, 3.8) is 0 Å². The lowest BCUT2D eigenvalue weighted by atomic mass is 10.1. The molecule has 1 aliphatic carbocycles. The monoisotopic (exact) mass is 526 g/mol. The number of anilines is 1. The van der Waals surface area contributed by atoms with Crippen LogP contribution in [0.15, 0.2) is 12.1 Å². The molecule has 2 amide bonds. The first-order valence-electron chi connectivity index (χ1n) is 11.9. The van der Waals surface area contributed by atoms with Crippen molar-refractivity contribution in [3.8, 4) is 5.75 Å². The molecule has 34 heavy (non-hydrogen) atoms. The number of ether oxygens (including phenoxy) is 2. The molecule has 0 aliphatic heterocycles. The Kier molecular flexibility index (Phi) is 10.5. The van der Waals surface area contributed by atoms with Gasteiger partial charge in [0.1, 0.15) is 5.00 Å². The molecular weight excluding hydrogens is 495 g/mol. The molecule has 0 saturated carbocycles. The van der Waals surface area contributed by atoms with Gasteiger partial charge in [-0.25, -0.2) is 0 Å². The fourth-order valence-corrected chi connectivity index (χ4v) is 5.75. The van der Waals surface area contributed by atoms with Gasteiger partial charge in [-0.2, -0.15) is 0 Å². The van der Waals surface area contributed by atoms with E-state index >= 15 is 0 Å². The van der Waals surface area contributed by atoms with Gasteiger partial charge in [-0.1, -0.05) is 43.0 Å². The quantitative estimate of drug-likeness (QED) is 0.291. The lowest BCUT2D eigenvalue weighted by Crippen LogP contribution is -2.27. The zero-order valence-corrected chi connectivity index (χ0v) is 22.1. The van der Waals surface area contributed by atoms with Crippen LogP contribution in [0.3, 0.4) is 0 Å². The molecular formula is C25H32Cl2N2O4S. The van der Waals surface area contributed by atoms with Gasteiger partial charge in [-0.3, -0.25) is 9.59 Å². The zero-order valence-electron chi connectivity index (χ0n) is 19.7. The molecule has 0 fully saturated rings. The summed E-state index contributed by atoms with van der Waals surface area (Å²) in [5, 5.41) is 7.01. The minimum absolute atomic E-state index is 0.168. The molecule has 0 saturated heterocycles. The fraction of sp³-hybridized carbons (Fsp3) is 0.520. The smallest absolute Gasteiger partial charge is 0.256 e. The third kappa shape index (κ3) is 6.87. The van der Waals surface area contributed by atoms with E-state index in [-0.39, 0.29) is 21.9 Å². The molecule has 2 N–H and O–H groups in total. The summed E-state index contributed by atoms with van der Waals surface area (Å²) in [5.74, 6) is -0.150. The van der Waals surface area contributed by atoms with E-state index in [1.165, 1.54) is 11.3 Å². The molecule has 1 aliphatic rings. The Morgan fingerprint density at radius 1 is 1.03 bits per heavy atom. The number of carbonyl (C=O) groups is 2. The molecule has 3 rings (SSSR count). The van der Waals surface area contributed by atoms with Crippen molar-refractivity contribution in [2.24, 2.45) is 0 Å². The third-order valence-electron chi connectivity index (χ3n) is 5.59. The Balaban J connectivity index is 1.71. The lowest BCUT2D eigenvalue weighted by molar-refractivity contribution is 0.0944. The third-order valence-corrected chi connectivity index (χ3v) is 7.35. The average Bonchev–Trinajstić information content (AvgIpc) is 3.38. The molecule has 0 atom stereocenters. The topological polar surface area (TPSA) is 76.7 Å². The van der Waals surface area contributed by atoms with E-state index in [4.69, 9.17) is 32.7 Å². The number of aryl methyl sites for hydroxylation is 1. The van der Waals surface area contributed by atoms with Crippen LogP contribution in [0.2, 0.25) is 10.0 Å². The first kappa shape index (κ1) is 26.8. The first-order valence-corrected chi connectivity index (χ1v) is 13.5. The van der Waals surface area contributed by atoms with Crippen molar-refractivity contribution in [2.45, 2.75) is 58.8 Å². The number of rotatable bonds is 13. The van der Waals surface area contributed by atoms with Crippen molar-refractivity contribution in [1.29, 1.82) is 0 Å². The Bertz CT molecular complexity index is 986. The second-order valence-electron chi connectivity index (χ2n) is 8.15. The standard InChI is InChI=1S/C25H32Cl2N2O4S/c1-3-5-6-13-33-22-18(26)14-16(15-19(22)27)23(30)29-25-21(17-9-7-10-20(17)34-25)24(31)28-11-8-12-32-4-2/h14-15H,3-13H2,1-2H3,(H,28,31)(H,29,30). The van der Waals surface area contributed by atoms with Gasteiger partial charge in [-0.05, 0) is 56.7 Å². The van der Waals surface area contributed by atoms with E-state index in [0.29, 0.717) is 48.2 Å². The number of thiophene rings is 1. The number of hydrogen-bond donors (Lipinski definition) is 2. The fourth-order valence-electron chi connectivity index (χ4n) is 3.87. The number of halogens is 2. The van der Waals surface area contributed by atoms with Crippen LogP contribution in [0.1, 0.15) is 77.1 Å². The number of nitrogens with one attached hydrogen (secondary N) is 2. The van der Waals surface area contributed by atoms with Crippen LogP contribution >= 0.6 is 34.5 Å². The van der Waals surface area contributed by atoms with Gasteiger partial charge in [-0.15, -0.1) is 11.3 Å². The van der Waals surface area contributed by atoms with E-state index in [2.05, 4.69) is 17.6 Å². The van der Waals surface area contributed by atoms with Crippen molar-refractivity contribution < 1.29 is 19.1 Å². The van der Waals surface area contributed by atoms with Crippen molar-refractivity contribution in [2.75, 3.05) is 31.7 Å². The van der Waals surface area contributed by atoms with Crippen LogP contribution in [0.4, 0.5) is 5.00 Å². The number of carbonyl (C=O) groups excluding carboxylic acids is 2. The molecule has 2 aromatic rings. The Morgan fingerprint density at radius 2 is 1.79 bits per heavy atom. The van der Waals surface area contributed by atoms with Crippen LogP contribution in [0, 0.1) is 0 Å². The van der Waals surface area contributed by atoms with E-state index in [1.54, 1.807) is 12.1 Å². The number of fused-ring (bicyclic) bond motifs is 1. The molecule has 186 valence electrons. The largest absolute Gasteiger partial charge is 0.490 e. The summed E-state index contributed by atoms with van der Waals surface area (Å²) in [5.41, 5.74) is 1.91. The maximum atomic E-state index is 13.1. The molecule has 6 nitrogen and oxygen atoms in total. The Morgan fingerprint density at radius 3 is 2.50 bits per heavy atom. The second-order valence-corrected chi connectivity index (χ2v) is 10.1. The minimum atomic E-state index is -0.369. The molecule has 9 heteroatoms. The van der Waals surface area contributed by atoms with Crippen LogP contribution in [-0.4, -0.2) is 38.2 Å². The van der Waals surface area contributed by atoms with Gasteiger partial charge in [0.25, 0.3) is 11.8 Å². The molecule has 0 unspecified atom stereocenters. The van der Waals surface area contributed by atoms with Crippen LogP contribution in [0.25, 0.3) is 0 Å². The van der Waals surface area contributed by atoms with Gasteiger partial charge in [0.15, 0.2) is 5.75 Å². The predicted molar refractivity (Wildman–Crippen MR) is 139 cm³/mol. The van der Waals surface area contributed by atoms with Crippen LogP contribution in [0.5, 0.6) is 5.75 Å². The van der Waals surface area contributed by atoms with Gasteiger partial charge in [0.2, 0.25) is 0 Å². The van der Waals surface area contributed by atoms with E-state index in [0.717, 1.165) is 55.4 Å². The minimum Gasteiger partial charge on any atom is -0.490 e. The molecule has 1 aromatic heterocycles. The first-order chi connectivity index (χ1) is 16.5. The van der Waals surface area contributed by atoms with Gasteiger partial charge in [0, 0.05) is 30.2 Å². The molecule has 1 heterocycles. The van der Waals surface area contributed by atoms with Gasteiger partial charge >= 0.3 is 0 Å². The second kappa shape index (κ2) is 13.3. The van der Waals surface area contributed by atoms with Crippen molar-refractivity contribution in [3.05, 3.63) is 43.7 Å². The highest BCUT2D eigenvalue weighted by Crippen LogP contribution is 2.40. The summed E-state index contributed by atoms with van der Waals surface area (Å²) in [6.07, 6.45) is 6.56. The lowest BCUT2D eigenvalue weighted by Gasteiger charge is -2.13. The highest BCUT2D eigenvalue weighted by molar-refractivity contribution is 7.17. The molecule has 1 aromatic carbocycles. The summed E-state index contributed by atoms with van der Waals surface area (Å²) in [6, 6.07) is 3.10. The van der Waals surface area contributed by atoms with Gasteiger partial charge < -0.3 is 20.1 Å². The Labute approximate surface area is 215 Å². The van der Waals surface area contributed by atoms with Gasteiger partial charge in [0.05, 0.1) is 22.2 Å². The highest BCUT2D eigenvalue weighted by Gasteiger charge is 2.28. The summed E-state index contributed by atoms with van der Waals surface area (Å²) in [7, 11) is 0. The number of unbranched alkanes of at least 4 members (excludes halogenated alkanes) is 2. The number of amides is 2. The van der Waals surface area contributed by atoms with Crippen molar-refractivity contribution >= 4 is 51.4 Å². The Hall–Kier alpha value is -1.80. The predicted octanol–water partition coefficient (Wildman–Crippen LogP) is 6.52. The SMILES string of the molecule is CCCCCOc1c(Cl)cc(C(=O)Nc2sc3c(c2C(=O)NCCCOCC)CCC3)cc1Cl. The molecule has 0 bridgehead atoms. The number of hydrogen-bond acceptors (Lipinski definition) is 5.